The van der Waals surface area contributed by atoms with Crippen molar-refractivity contribution in [1.29, 1.82) is 0 Å². The highest BCUT2D eigenvalue weighted by molar-refractivity contribution is 7.99. The first-order chi connectivity index (χ1) is 15.0. The van der Waals surface area contributed by atoms with E-state index in [1.807, 2.05) is 73.9 Å². The van der Waals surface area contributed by atoms with Gasteiger partial charge in [-0.25, -0.2) is 0 Å². The molecule has 162 valence electrons. The highest BCUT2D eigenvalue weighted by atomic mass is 32.2. The van der Waals surface area contributed by atoms with Gasteiger partial charge in [0.1, 0.15) is 0 Å². The Morgan fingerprint density at radius 3 is 2.58 bits per heavy atom. The monoisotopic (exact) mass is 437 g/mol. The van der Waals surface area contributed by atoms with Crippen molar-refractivity contribution in [3.8, 4) is 0 Å². The fraction of sp³-hybridized carbons (Fsp3) is 0.304. The third kappa shape index (κ3) is 6.18. The van der Waals surface area contributed by atoms with Crippen LogP contribution in [0.15, 0.2) is 59.8 Å². The molecule has 2 N–H and O–H groups in total. The summed E-state index contributed by atoms with van der Waals surface area (Å²) in [6.07, 6.45) is 0. The molecule has 0 aliphatic heterocycles. The Hall–Kier alpha value is -3.13. The van der Waals surface area contributed by atoms with E-state index in [0.29, 0.717) is 29.6 Å². The number of nitrogens with one attached hydrogen (secondary N) is 2. The van der Waals surface area contributed by atoms with E-state index in [4.69, 9.17) is 0 Å². The fourth-order valence-electron chi connectivity index (χ4n) is 3.13. The van der Waals surface area contributed by atoms with E-state index < -0.39 is 0 Å². The van der Waals surface area contributed by atoms with E-state index in [1.165, 1.54) is 11.8 Å². The normalized spacial score (nSPS) is 11.7. The minimum Gasteiger partial charge on any atom is -0.351 e. The van der Waals surface area contributed by atoms with Crippen LogP contribution in [0.25, 0.3) is 0 Å². The van der Waals surface area contributed by atoms with Gasteiger partial charge in [0.25, 0.3) is 5.91 Å². The van der Waals surface area contributed by atoms with Crippen molar-refractivity contribution < 1.29 is 9.59 Å². The van der Waals surface area contributed by atoms with Gasteiger partial charge in [-0.3, -0.25) is 9.59 Å². The Kier molecular flexibility index (Phi) is 7.83. The third-order valence-electron chi connectivity index (χ3n) is 4.74. The second kappa shape index (κ2) is 10.8. The molecule has 0 aliphatic rings. The summed E-state index contributed by atoms with van der Waals surface area (Å²) in [6.45, 7) is 6.95. The molecular formula is C23H27N5O2S. The lowest BCUT2D eigenvalue weighted by Crippen LogP contribution is -2.29. The zero-order valence-electron chi connectivity index (χ0n) is 18.0. The molecule has 0 fully saturated rings. The predicted octanol–water partition coefficient (Wildman–Crippen LogP) is 3.51. The smallest absolute Gasteiger partial charge is 0.251 e. The van der Waals surface area contributed by atoms with Crippen molar-refractivity contribution in [3.63, 3.8) is 0 Å². The zero-order chi connectivity index (χ0) is 22.2. The van der Waals surface area contributed by atoms with Crippen molar-refractivity contribution in [2.45, 2.75) is 45.1 Å². The number of thioether (sulfide) groups is 1. The number of hydrogen-bond donors (Lipinski definition) is 2. The topological polar surface area (TPSA) is 88.9 Å². The Labute approximate surface area is 186 Å². The van der Waals surface area contributed by atoms with E-state index in [2.05, 4.69) is 20.8 Å². The first-order valence-corrected chi connectivity index (χ1v) is 11.2. The van der Waals surface area contributed by atoms with Gasteiger partial charge in [0.2, 0.25) is 5.91 Å². The van der Waals surface area contributed by atoms with Gasteiger partial charge in [0.15, 0.2) is 11.0 Å². The predicted molar refractivity (Wildman–Crippen MR) is 122 cm³/mol. The minimum atomic E-state index is -0.318. The molecule has 3 rings (SSSR count). The molecule has 1 atom stereocenters. The van der Waals surface area contributed by atoms with Crippen molar-refractivity contribution in [2.75, 3.05) is 5.75 Å². The molecule has 7 nitrogen and oxygen atoms in total. The summed E-state index contributed by atoms with van der Waals surface area (Å²) in [4.78, 5) is 24.8. The van der Waals surface area contributed by atoms with E-state index in [9.17, 15) is 9.59 Å². The van der Waals surface area contributed by atoms with Crippen LogP contribution in [0.5, 0.6) is 0 Å². The molecule has 2 aromatic carbocycles. The third-order valence-corrected chi connectivity index (χ3v) is 5.71. The SMILES string of the molecule is CCn1c(SCC(=O)NCc2ccccc2)nnc1[C@@H](C)NC(=O)c1cccc(C)c1. The van der Waals surface area contributed by atoms with Crippen molar-refractivity contribution in [1.82, 2.24) is 25.4 Å². The van der Waals surface area contributed by atoms with Gasteiger partial charge < -0.3 is 15.2 Å². The van der Waals surface area contributed by atoms with E-state index in [0.717, 1.165) is 11.1 Å². The standard InChI is InChI=1S/C23H27N5O2S/c1-4-28-21(17(3)25-22(30)19-12-8-9-16(2)13-19)26-27-23(28)31-15-20(29)24-14-18-10-6-5-7-11-18/h5-13,17H,4,14-15H2,1-3H3,(H,24,29)(H,25,30)/t17-/m1/s1. The van der Waals surface area contributed by atoms with Crippen molar-refractivity contribution in [2.24, 2.45) is 0 Å². The molecule has 8 heteroatoms. The number of benzene rings is 2. The maximum absolute atomic E-state index is 12.6. The fourth-order valence-corrected chi connectivity index (χ4v) is 3.97. The summed E-state index contributed by atoms with van der Waals surface area (Å²) >= 11 is 1.33. The van der Waals surface area contributed by atoms with Gasteiger partial charge in [-0.1, -0.05) is 59.8 Å². The second-order valence-corrected chi connectivity index (χ2v) is 8.14. The largest absolute Gasteiger partial charge is 0.351 e. The van der Waals surface area contributed by atoms with Crippen LogP contribution in [-0.4, -0.2) is 32.3 Å². The lowest BCUT2D eigenvalue weighted by Gasteiger charge is -2.15. The number of carbonyl (C=O) groups is 2. The molecule has 1 aromatic heterocycles. The van der Waals surface area contributed by atoms with Gasteiger partial charge in [-0.2, -0.15) is 0 Å². The Morgan fingerprint density at radius 2 is 1.87 bits per heavy atom. The Morgan fingerprint density at radius 1 is 1.10 bits per heavy atom. The Bertz CT molecular complexity index is 1040. The molecule has 1 heterocycles. The summed E-state index contributed by atoms with van der Waals surface area (Å²) < 4.78 is 1.93. The van der Waals surface area contributed by atoms with E-state index >= 15 is 0 Å². The number of carbonyl (C=O) groups excluding carboxylic acids is 2. The zero-order valence-corrected chi connectivity index (χ0v) is 18.8. The van der Waals surface area contributed by atoms with Gasteiger partial charge in [-0.15, -0.1) is 10.2 Å². The van der Waals surface area contributed by atoms with E-state index in [-0.39, 0.29) is 23.6 Å². The summed E-state index contributed by atoms with van der Waals surface area (Å²) in [5.41, 5.74) is 2.69. The quantitative estimate of drug-likeness (QED) is 0.500. The number of nitrogens with zero attached hydrogens (tertiary/aromatic N) is 3. The molecule has 0 bridgehead atoms. The van der Waals surface area contributed by atoms with Gasteiger partial charge >= 0.3 is 0 Å². The number of aryl methyl sites for hydroxylation is 1. The molecule has 31 heavy (non-hydrogen) atoms. The first-order valence-electron chi connectivity index (χ1n) is 10.2. The second-order valence-electron chi connectivity index (χ2n) is 7.20. The number of rotatable bonds is 9. The molecule has 2 amide bonds. The highest BCUT2D eigenvalue weighted by Crippen LogP contribution is 2.21. The van der Waals surface area contributed by atoms with Gasteiger partial charge in [0.05, 0.1) is 11.8 Å². The maximum Gasteiger partial charge on any atom is 0.251 e. The molecule has 0 saturated carbocycles. The molecule has 0 radical (unpaired) electrons. The van der Waals surface area contributed by atoms with Crippen LogP contribution in [-0.2, 0) is 17.9 Å². The summed E-state index contributed by atoms with van der Waals surface area (Å²) in [5, 5.41) is 15.1. The molecule has 0 saturated heterocycles. The van der Waals surface area contributed by atoms with Crippen LogP contribution in [0.1, 0.15) is 47.2 Å². The first kappa shape index (κ1) is 22.6. The van der Waals surface area contributed by atoms with Crippen LogP contribution in [0.2, 0.25) is 0 Å². The summed E-state index contributed by atoms with van der Waals surface area (Å²) in [5.74, 6) is 0.684. The Balaban J connectivity index is 1.58. The maximum atomic E-state index is 12.6. The summed E-state index contributed by atoms with van der Waals surface area (Å²) in [6, 6.07) is 16.9. The van der Waals surface area contributed by atoms with Gasteiger partial charge in [0, 0.05) is 18.7 Å². The molecule has 3 aromatic rings. The molecule has 0 unspecified atom stereocenters. The average Bonchev–Trinajstić information content (AvgIpc) is 3.20. The van der Waals surface area contributed by atoms with Crippen LogP contribution < -0.4 is 10.6 Å². The summed E-state index contributed by atoms with van der Waals surface area (Å²) in [7, 11) is 0. The van der Waals surface area contributed by atoms with Gasteiger partial charge in [-0.05, 0) is 38.5 Å². The van der Waals surface area contributed by atoms with Crippen LogP contribution >= 0.6 is 11.8 Å². The molecule has 0 aliphatic carbocycles. The lowest BCUT2D eigenvalue weighted by molar-refractivity contribution is -0.118. The number of hydrogen-bond acceptors (Lipinski definition) is 5. The molecule has 0 spiro atoms. The highest BCUT2D eigenvalue weighted by Gasteiger charge is 2.20. The molecular weight excluding hydrogens is 410 g/mol. The minimum absolute atomic E-state index is 0.0677. The number of aromatic nitrogens is 3. The van der Waals surface area contributed by atoms with Crippen molar-refractivity contribution >= 4 is 23.6 Å². The van der Waals surface area contributed by atoms with Crippen LogP contribution in [0.4, 0.5) is 0 Å². The van der Waals surface area contributed by atoms with Crippen molar-refractivity contribution in [3.05, 3.63) is 77.1 Å². The lowest BCUT2D eigenvalue weighted by atomic mass is 10.1. The van der Waals surface area contributed by atoms with E-state index in [1.54, 1.807) is 6.07 Å². The van der Waals surface area contributed by atoms with Crippen LogP contribution in [0.3, 0.4) is 0 Å². The number of amides is 2. The van der Waals surface area contributed by atoms with Crippen LogP contribution in [0, 0.1) is 6.92 Å². The average molecular weight is 438 g/mol.